The van der Waals surface area contributed by atoms with E-state index in [9.17, 15) is 0 Å². The first-order valence-electron chi connectivity index (χ1n) is 14.4. The third kappa shape index (κ3) is 3.87. The Kier molecular flexibility index (Phi) is 5.53. The van der Waals surface area contributed by atoms with E-state index in [-0.39, 0.29) is 0 Å². The van der Waals surface area contributed by atoms with E-state index in [1.54, 1.807) is 0 Å². The van der Waals surface area contributed by atoms with Crippen molar-refractivity contribution in [3.05, 3.63) is 151 Å². The maximum Gasteiger partial charge on any atom is 0.0547 e. The van der Waals surface area contributed by atoms with Gasteiger partial charge in [0.15, 0.2) is 0 Å². The fourth-order valence-corrected chi connectivity index (χ4v) is 6.59. The number of H-pyrrole nitrogens is 1. The average Bonchev–Trinajstić information content (AvgIpc) is 3.56. The van der Waals surface area contributed by atoms with E-state index in [1.165, 1.54) is 77.1 Å². The average molecular weight is 527 g/mol. The number of hydrogen-bond donors (Lipinski definition) is 1. The van der Waals surface area contributed by atoms with Gasteiger partial charge in [-0.25, -0.2) is 0 Å². The molecule has 2 nitrogen and oxygen atoms in total. The van der Waals surface area contributed by atoms with Crippen molar-refractivity contribution in [2.24, 2.45) is 0 Å². The Morgan fingerprint density at radius 2 is 1.49 bits per heavy atom. The summed E-state index contributed by atoms with van der Waals surface area (Å²) in [5.74, 6) is 0. The minimum atomic E-state index is 0.839. The first kappa shape index (κ1) is 23.8. The molecule has 1 aliphatic rings. The smallest absolute Gasteiger partial charge is 0.0547 e. The maximum atomic E-state index is 4.35. The third-order valence-corrected chi connectivity index (χ3v) is 8.60. The van der Waals surface area contributed by atoms with Crippen LogP contribution in [0.3, 0.4) is 0 Å². The minimum Gasteiger partial charge on any atom is -0.354 e. The van der Waals surface area contributed by atoms with Crippen LogP contribution in [0.4, 0.5) is 0 Å². The van der Waals surface area contributed by atoms with Crippen molar-refractivity contribution < 1.29 is 0 Å². The van der Waals surface area contributed by atoms with E-state index in [4.69, 9.17) is 0 Å². The standard InChI is InChI=1S/C39H30N2/c1-26-12-5-6-13-27(26)22-23-28-24-35-31-17-8-10-21-37(31)41(29-14-3-2-4-15-29)38(35)25-34(28)33-19-11-18-32-30-16-7-9-20-36(30)40-39(32)33/h2-4,6-11,13-22,24-25,40H,1,5,12,23H2/b27-22-. The van der Waals surface area contributed by atoms with Crippen molar-refractivity contribution in [2.75, 3.05) is 0 Å². The van der Waals surface area contributed by atoms with Crippen molar-refractivity contribution >= 4 is 43.6 Å². The van der Waals surface area contributed by atoms with Crippen LogP contribution in [-0.4, -0.2) is 9.55 Å². The molecular weight excluding hydrogens is 496 g/mol. The number of hydrogen-bond acceptors (Lipinski definition) is 0. The number of aromatic amines is 1. The molecule has 2 aromatic heterocycles. The van der Waals surface area contributed by atoms with Gasteiger partial charge in [-0.3, -0.25) is 0 Å². The molecular formula is C39H30N2. The SMILES string of the molecule is C=C1CCC=C/C1=C/Cc1cc2c3ccccc3n(-c3ccccc3)c2cc1-c1cccc2c1[nH]c1ccccc12. The van der Waals surface area contributed by atoms with Gasteiger partial charge >= 0.3 is 0 Å². The maximum absolute atomic E-state index is 4.35. The molecule has 2 heteroatoms. The van der Waals surface area contributed by atoms with E-state index >= 15 is 0 Å². The summed E-state index contributed by atoms with van der Waals surface area (Å²) in [7, 11) is 0. The van der Waals surface area contributed by atoms with E-state index in [0.29, 0.717) is 0 Å². The van der Waals surface area contributed by atoms with Gasteiger partial charge in [0.25, 0.3) is 0 Å². The first-order valence-corrected chi connectivity index (χ1v) is 14.4. The summed E-state index contributed by atoms with van der Waals surface area (Å²) < 4.78 is 2.41. The molecule has 2 heterocycles. The molecule has 0 aliphatic heterocycles. The van der Waals surface area contributed by atoms with Crippen molar-refractivity contribution in [2.45, 2.75) is 19.3 Å². The topological polar surface area (TPSA) is 20.7 Å². The molecule has 0 radical (unpaired) electrons. The number of nitrogens with one attached hydrogen (secondary N) is 1. The van der Waals surface area contributed by atoms with E-state index in [1.807, 2.05) is 0 Å². The summed E-state index contributed by atoms with van der Waals surface area (Å²) in [6.45, 7) is 4.35. The molecule has 1 N–H and O–H groups in total. The largest absolute Gasteiger partial charge is 0.354 e. The van der Waals surface area contributed by atoms with E-state index in [0.717, 1.165) is 19.3 Å². The summed E-state index contributed by atoms with van der Waals surface area (Å²) in [4.78, 5) is 3.76. The number of benzene rings is 5. The lowest BCUT2D eigenvalue weighted by molar-refractivity contribution is 0.968. The molecule has 0 saturated heterocycles. The molecule has 0 saturated carbocycles. The second-order valence-corrected chi connectivity index (χ2v) is 11.0. The number of allylic oxidation sites excluding steroid dienone is 5. The monoisotopic (exact) mass is 526 g/mol. The van der Waals surface area contributed by atoms with E-state index in [2.05, 4.69) is 144 Å². The Morgan fingerprint density at radius 3 is 2.37 bits per heavy atom. The minimum absolute atomic E-state index is 0.839. The molecule has 5 aromatic carbocycles. The lowest BCUT2D eigenvalue weighted by atomic mass is 9.91. The summed E-state index contributed by atoms with van der Waals surface area (Å²) in [6.07, 6.45) is 9.82. The molecule has 7 aromatic rings. The van der Waals surface area contributed by atoms with Crippen molar-refractivity contribution in [1.82, 2.24) is 9.55 Å². The first-order chi connectivity index (χ1) is 20.3. The van der Waals surface area contributed by atoms with Crippen LogP contribution in [0.15, 0.2) is 145 Å². The van der Waals surface area contributed by atoms with Crippen LogP contribution in [0.25, 0.3) is 60.4 Å². The Morgan fingerprint density at radius 1 is 0.707 bits per heavy atom. The molecule has 0 amide bonds. The zero-order valence-corrected chi connectivity index (χ0v) is 22.9. The summed E-state index contributed by atoms with van der Waals surface area (Å²) in [5, 5.41) is 5.08. The van der Waals surface area contributed by atoms with E-state index < -0.39 is 0 Å². The number of nitrogens with zero attached hydrogens (tertiary/aromatic N) is 1. The molecule has 196 valence electrons. The molecule has 0 bridgehead atoms. The fourth-order valence-electron chi connectivity index (χ4n) is 6.59. The number of para-hydroxylation sites is 4. The summed E-state index contributed by atoms with van der Waals surface area (Å²) in [6, 6.07) is 39.6. The number of fused-ring (bicyclic) bond motifs is 6. The van der Waals surface area contributed by atoms with Gasteiger partial charge in [-0.05, 0) is 77.9 Å². The van der Waals surface area contributed by atoms with Crippen LogP contribution in [0.5, 0.6) is 0 Å². The van der Waals surface area contributed by atoms with Gasteiger partial charge in [0.05, 0.1) is 16.6 Å². The second-order valence-electron chi connectivity index (χ2n) is 11.0. The Balaban J connectivity index is 1.45. The lowest BCUT2D eigenvalue weighted by Crippen LogP contribution is -1.97. The van der Waals surface area contributed by atoms with Gasteiger partial charge in [-0.15, -0.1) is 0 Å². The molecule has 41 heavy (non-hydrogen) atoms. The highest BCUT2D eigenvalue weighted by Gasteiger charge is 2.18. The van der Waals surface area contributed by atoms with Crippen LogP contribution in [-0.2, 0) is 6.42 Å². The van der Waals surface area contributed by atoms with Crippen LogP contribution >= 0.6 is 0 Å². The molecule has 0 fully saturated rings. The Bertz CT molecular complexity index is 2180. The Labute approximate surface area is 239 Å². The van der Waals surface area contributed by atoms with Crippen LogP contribution in [0, 0.1) is 0 Å². The van der Waals surface area contributed by atoms with Gasteiger partial charge in [-0.1, -0.05) is 97.6 Å². The highest BCUT2D eigenvalue weighted by molar-refractivity contribution is 6.14. The zero-order valence-electron chi connectivity index (χ0n) is 22.9. The fraction of sp³-hybridized carbons (Fsp3) is 0.0769. The normalized spacial score (nSPS) is 14.7. The van der Waals surface area contributed by atoms with Crippen molar-refractivity contribution in [1.29, 1.82) is 0 Å². The van der Waals surface area contributed by atoms with Crippen LogP contribution < -0.4 is 0 Å². The molecule has 0 atom stereocenters. The number of aromatic nitrogens is 2. The quantitative estimate of drug-likeness (QED) is 0.235. The summed E-state index contributed by atoms with van der Waals surface area (Å²) in [5.41, 5.74) is 12.3. The molecule has 0 unspecified atom stereocenters. The number of rotatable bonds is 4. The molecule has 1 aliphatic carbocycles. The van der Waals surface area contributed by atoms with Crippen LogP contribution in [0.2, 0.25) is 0 Å². The van der Waals surface area contributed by atoms with Gasteiger partial charge in [-0.2, -0.15) is 0 Å². The highest BCUT2D eigenvalue weighted by atomic mass is 15.0. The molecule has 0 spiro atoms. The lowest BCUT2D eigenvalue weighted by Gasteiger charge is -2.15. The van der Waals surface area contributed by atoms with Gasteiger partial charge in [0, 0.05) is 38.3 Å². The van der Waals surface area contributed by atoms with Gasteiger partial charge in [0.2, 0.25) is 0 Å². The molecule has 8 rings (SSSR count). The third-order valence-electron chi connectivity index (χ3n) is 8.60. The second kappa shape index (κ2) is 9.53. The van der Waals surface area contributed by atoms with Gasteiger partial charge in [0.1, 0.15) is 0 Å². The van der Waals surface area contributed by atoms with Crippen molar-refractivity contribution in [3.63, 3.8) is 0 Å². The zero-order chi connectivity index (χ0) is 27.3. The van der Waals surface area contributed by atoms with Gasteiger partial charge < -0.3 is 9.55 Å². The highest BCUT2D eigenvalue weighted by Crippen LogP contribution is 2.40. The Hall–Kier alpha value is -5.08. The summed E-state index contributed by atoms with van der Waals surface area (Å²) >= 11 is 0. The van der Waals surface area contributed by atoms with Crippen molar-refractivity contribution in [3.8, 4) is 16.8 Å². The predicted molar refractivity (Wildman–Crippen MR) is 175 cm³/mol. The predicted octanol–water partition coefficient (Wildman–Crippen LogP) is 10.5. The van der Waals surface area contributed by atoms with Crippen LogP contribution in [0.1, 0.15) is 18.4 Å².